The third kappa shape index (κ3) is 3.25. The van der Waals surface area contributed by atoms with E-state index < -0.39 is 5.91 Å². The quantitative estimate of drug-likeness (QED) is 0.870. The first-order valence-electron chi connectivity index (χ1n) is 4.05. The molecule has 0 aliphatic rings. The van der Waals surface area contributed by atoms with Crippen LogP contribution in [0.3, 0.4) is 0 Å². The molecule has 1 amide bonds. The Morgan fingerprint density at radius 3 is 2.80 bits per heavy atom. The summed E-state index contributed by atoms with van der Waals surface area (Å²) < 4.78 is 5.91. The van der Waals surface area contributed by atoms with E-state index in [9.17, 15) is 4.79 Å². The van der Waals surface area contributed by atoms with E-state index in [1.54, 1.807) is 18.2 Å². The highest BCUT2D eigenvalue weighted by Crippen LogP contribution is 2.32. The zero-order valence-corrected chi connectivity index (χ0v) is 10.3. The van der Waals surface area contributed by atoms with E-state index in [-0.39, 0.29) is 0 Å². The zero-order valence-electron chi connectivity index (χ0n) is 7.96. The Hall–Kier alpha value is -1.00. The van der Waals surface area contributed by atoms with Gasteiger partial charge in [0.1, 0.15) is 5.75 Å². The fourth-order valence-corrected chi connectivity index (χ4v) is 2.00. The molecule has 0 radical (unpaired) electrons. The number of amides is 1. The number of methoxy groups -OCH3 is 1. The average molecular weight is 291 g/mol. The lowest BCUT2D eigenvalue weighted by Gasteiger charge is -2.07. The van der Waals surface area contributed by atoms with Crippen LogP contribution in [0, 0.1) is 0 Å². The van der Waals surface area contributed by atoms with Gasteiger partial charge >= 0.3 is 0 Å². The van der Waals surface area contributed by atoms with E-state index in [1.165, 1.54) is 13.2 Å². The molecule has 1 rings (SSSR count). The summed E-state index contributed by atoms with van der Waals surface area (Å²) in [5.74, 6) is -0.00878. The summed E-state index contributed by atoms with van der Waals surface area (Å²) in [6, 6.07) is 3.49. The molecule has 1 aromatic rings. The van der Waals surface area contributed by atoms with Crippen LogP contribution in [0.15, 0.2) is 22.7 Å². The predicted octanol–water partition coefficient (Wildman–Crippen LogP) is 2.61. The molecular weight excluding hydrogens is 281 g/mol. The van der Waals surface area contributed by atoms with Gasteiger partial charge in [-0.1, -0.05) is 27.5 Å². The highest BCUT2D eigenvalue weighted by atomic mass is 79.9. The standard InChI is InChI=1S/C10H9BrClNO2/c1-15-10-6(2-3-9(13)14)4-7(11)5-8(10)12/h2-5H,1H3,(H2,13,14). The second kappa shape index (κ2) is 5.19. The van der Waals surface area contributed by atoms with E-state index in [0.29, 0.717) is 16.3 Å². The molecule has 0 spiro atoms. The van der Waals surface area contributed by atoms with E-state index in [1.807, 2.05) is 0 Å². The van der Waals surface area contributed by atoms with Crippen LogP contribution in [-0.4, -0.2) is 13.0 Å². The van der Waals surface area contributed by atoms with Gasteiger partial charge in [0.05, 0.1) is 12.1 Å². The topological polar surface area (TPSA) is 52.3 Å². The fraction of sp³-hybridized carbons (Fsp3) is 0.100. The van der Waals surface area contributed by atoms with Crippen LogP contribution < -0.4 is 10.5 Å². The van der Waals surface area contributed by atoms with Gasteiger partial charge in [-0.25, -0.2) is 0 Å². The number of halogens is 2. The minimum Gasteiger partial charge on any atom is -0.495 e. The molecule has 2 N–H and O–H groups in total. The molecule has 5 heteroatoms. The summed E-state index contributed by atoms with van der Waals surface area (Å²) in [6.45, 7) is 0. The van der Waals surface area contributed by atoms with Crippen LogP contribution in [-0.2, 0) is 4.79 Å². The molecule has 3 nitrogen and oxygen atoms in total. The van der Waals surface area contributed by atoms with E-state index >= 15 is 0 Å². The summed E-state index contributed by atoms with van der Waals surface area (Å²) >= 11 is 9.24. The molecule has 0 atom stereocenters. The highest BCUT2D eigenvalue weighted by Gasteiger charge is 2.07. The number of benzene rings is 1. The van der Waals surface area contributed by atoms with Crippen molar-refractivity contribution in [2.45, 2.75) is 0 Å². The number of carbonyl (C=O) groups excluding carboxylic acids is 1. The minimum atomic E-state index is -0.520. The Labute approximate surface area is 101 Å². The number of primary amides is 1. The monoisotopic (exact) mass is 289 g/mol. The van der Waals surface area contributed by atoms with Gasteiger partial charge in [0.15, 0.2) is 0 Å². The Bertz CT molecular complexity index is 418. The van der Waals surface area contributed by atoms with Gasteiger partial charge in [0.25, 0.3) is 0 Å². The smallest absolute Gasteiger partial charge is 0.241 e. The van der Waals surface area contributed by atoms with Gasteiger partial charge in [0, 0.05) is 16.1 Å². The number of hydrogen-bond donors (Lipinski definition) is 1. The van der Waals surface area contributed by atoms with Crippen molar-refractivity contribution >= 4 is 39.5 Å². The van der Waals surface area contributed by atoms with Gasteiger partial charge in [0.2, 0.25) is 5.91 Å². The lowest BCUT2D eigenvalue weighted by atomic mass is 10.2. The van der Waals surface area contributed by atoms with E-state index in [4.69, 9.17) is 22.1 Å². The van der Waals surface area contributed by atoms with Crippen LogP contribution in [0.1, 0.15) is 5.56 Å². The molecule has 0 heterocycles. The van der Waals surface area contributed by atoms with Crippen molar-refractivity contribution < 1.29 is 9.53 Å². The first-order chi connectivity index (χ1) is 7.04. The van der Waals surface area contributed by atoms with Crippen LogP contribution in [0.5, 0.6) is 5.75 Å². The lowest BCUT2D eigenvalue weighted by Crippen LogP contribution is -2.05. The van der Waals surface area contributed by atoms with Crippen LogP contribution >= 0.6 is 27.5 Å². The van der Waals surface area contributed by atoms with Crippen molar-refractivity contribution in [3.05, 3.63) is 33.3 Å². The maximum absolute atomic E-state index is 10.6. The van der Waals surface area contributed by atoms with Crippen LogP contribution in [0.2, 0.25) is 5.02 Å². The van der Waals surface area contributed by atoms with E-state index in [0.717, 1.165) is 4.47 Å². The first kappa shape index (κ1) is 12.1. The highest BCUT2D eigenvalue weighted by molar-refractivity contribution is 9.10. The maximum Gasteiger partial charge on any atom is 0.241 e. The van der Waals surface area contributed by atoms with Crippen molar-refractivity contribution in [1.82, 2.24) is 0 Å². The van der Waals surface area contributed by atoms with Gasteiger partial charge in [-0.05, 0) is 18.2 Å². The second-order valence-corrected chi connectivity index (χ2v) is 4.07. The molecule has 0 unspecified atom stereocenters. The lowest BCUT2D eigenvalue weighted by molar-refractivity contribution is -0.113. The minimum absolute atomic E-state index is 0.469. The summed E-state index contributed by atoms with van der Waals surface area (Å²) in [5.41, 5.74) is 5.69. The molecule has 0 saturated heterocycles. The Morgan fingerprint density at radius 2 is 2.27 bits per heavy atom. The molecule has 0 bridgehead atoms. The van der Waals surface area contributed by atoms with Crippen molar-refractivity contribution in [2.24, 2.45) is 5.73 Å². The Balaban J connectivity index is 3.20. The Morgan fingerprint density at radius 1 is 1.60 bits per heavy atom. The summed E-state index contributed by atoms with van der Waals surface area (Å²) in [5, 5.41) is 0.469. The SMILES string of the molecule is COc1c(Cl)cc(Br)cc1C=CC(N)=O. The summed E-state index contributed by atoms with van der Waals surface area (Å²) in [7, 11) is 1.51. The van der Waals surface area contributed by atoms with Gasteiger partial charge in [-0.3, -0.25) is 4.79 Å². The van der Waals surface area contributed by atoms with Crippen molar-refractivity contribution in [3.63, 3.8) is 0 Å². The van der Waals surface area contributed by atoms with E-state index in [2.05, 4.69) is 15.9 Å². The third-order valence-electron chi connectivity index (χ3n) is 1.67. The van der Waals surface area contributed by atoms with Crippen molar-refractivity contribution in [3.8, 4) is 5.75 Å². The average Bonchev–Trinajstić information content (AvgIpc) is 2.13. The molecule has 0 aliphatic carbocycles. The Kier molecular flexibility index (Phi) is 4.17. The van der Waals surface area contributed by atoms with Crippen molar-refractivity contribution in [2.75, 3.05) is 7.11 Å². The molecule has 0 aliphatic heterocycles. The van der Waals surface area contributed by atoms with Crippen molar-refractivity contribution in [1.29, 1.82) is 0 Å². The number of carbonyl (C=O) groups is 1. The normalized spacial score (nSPS) is 10.6. The van der Waals surface area contributed by atoms with Crippen LogP contribution in [0.4, 0.5) is 0 Å². The molecule has 15 heavy (non-hydrogen) atoms. The summed E-state index contributed by atoms with van der Waals surface area (Å²) in [4.78, 5) is 10.6. The molecular formula is C10H9BrClNO2. The number of hydrogen-bond acceptors (Lipinski definition) is 2. The first-order valence-corrected chi connectivity index (χ1v) is 5.22. The molecule has 0 fully saturated rings. The molecule has 0 aromatic heterocycles. The number of ether oxygens (including phenoxy) is 1. The van der Waals surface area contributed by atoms with Gasteiger partial charge < -0.3 is 10.5 Å². The predicted molar refractivity (Wildman–Crippen MR) is 63.9 cm³/mol. The molecule has 80 valence electrons. The fourth-order valence-electron chi connectivity index (χ4n) is 1.09. The van der Waals surface area contributed by atoms with Gasteiger partial charge in [-0.15, -0.1) is 0 Å². The number of nitrogens with two attached hydrogens (primary N) is 1. The van der Waals surface area contributed by atoms with Gasteiger partial charge in [-0.2, -0.15) is 0 Å². The molecule has 1 aromatic carbocycles. The summed E-state index contributed by atoms with van der Waals surface area (Å²) in [6.07, 6.45) is 2.80. The molecule has 0 saturated carbocycles. The van der Waals surface area contributed by atoms with Crippen LogP contribution in [0.25, 0.3) is 6.08 Å². The zero-order chi connectivity index (χ0) is 11.4. The number of rotatable bonds is 3. The second-order valence-electron chi connectivity index (χ2n) is 2.75. The maximum atomic E-state index is 10.6. The third-order valence-corrected chi connectivity index (χ3v) is 2.41. The largest absolute Gasteiger partial charge is 0.495 e.